The van der Waals surface area contributed by atoms with Gasteiger partial charge in [-0.25, -0.2) is 13.4 Å². The summed E-state index contributed by atoms with van der Waals surface area (Å²) in [5, 5.41) is 2.24. The van der Waals surface area contributed by atoms with Crippen molar-refractivity contribution in [1.82, 2.24) is 9.88 Å². The second-order valence-corrected chi connectivity index (χ2v) is 9.75. The maximum absolute atomic E-state index is 12.6. The minimum atomic E-state index is -3.10. The van der Waals surface area contributed by atoms with Gasteiger partial charge in [-0.3, -0.25) is 4.79 Å². The van der Waals surface area contributed by atoms with Crippen molar-refractivity contribution in [2.75, 3.05) is 36.8 Å². The van der Waals surface area contributed by atoms with E-state index in [-0.39, 0.29) is 24.0 Å². The molecule has 0 radical (unpaired) electrons. The van der Waals surface area contributed by atoms with Crippen molar-refractivity contribution in [3.8, 4) is 0 Å². The first-order chi connectivity index (χ1) is 12.5. The minimum absolute atomic E-state index is 0.0444. The van der Waals surface area contributed by atoms with E-state index in [1.807, 2.05) is 23.1 Å². The Labute approximate surface area is 157 Å². The summed E-state index contributed by atoms with van der Waals surface area (Å²) in [7, 11) is -3.10. The fourth-order valence-corrected chi connectivity index (χ4v) is 5.89. The van der Waals surface area contributed by atoms with Gasteiger partial charge in [-0.15, -0.1) is 0 Å². The van der Waals surface area contributed by atoms with Crippen LogP contribution in [0.25, 0.3) is 10.2 Å². The topological polar surface area (TPSA) is 70.6 Å². The average molecular weight is 392 g/mol. The third-order valence-electron chi connectivity index (χ3n) is 4.84. The summed E-state index contributed by atoms with van der Waals surface area (Å²) in [6.45, 7) is 2.99. The molecule has 6 nitrogen and oxygen atoms in total. The van der Waals surface area contributed by atoms with Crippen LogP contribution in [-0.2, 0) is 14.6 Å². The summed E-state index contributed by atoms with van der Waals surface area (Å²) < 4.78 is 24.2. The second-order valence-electron chi connectivity index (χ2n) is 6.81. The third kappa shape index (κ3) is 3.76. The SMILES string of the molecule is O=C(C[C@@H]1C=CS(=O)(=O)C1)N1CCCN(c2nc3ccccc3s2)CC1. The number of allylic oxidation sites excluding steroid dienone is 1. The number of para-hydroxylation sites is 1. The van der Waals surface area contributed by atoms with Crippen LogP contribution < -0.4 is 4.90 Å². The number of anilines is 1. The first kappa shape index (κ1) is 17.5. The Morgan fingerprint density at radius 3 is 2.81 bits per heavy atom. The fraction of sp³-hybridized carbons (Fsp3) is 0.444. The second kappa shape index (κ2) is 7.00. The molecular formula is C18H21N3O3S2. The smallest absolute Gasteiger partial charge is 0.223 e. The first-order valence-corrected chi connectivity index (χ1v) is 11.3. The van der Waals surface area contributed by atoms with Gasteiger partial charge in [-0.05, 0) is 18.6 Å². The Balaban J connectivity index is 1.38. The van der Waals surface area contributed by atoms with Crippen molar-refractivity contribution in [3.63, 3.8) is 0 Å². The predicted molar refractivity (Wildman–Crippen MR) is 104 cm³/mol. The molecule has 1 aromatic heterocycles. The largest absolute Gasteiger partial charge is 0.346 e. The average Bonchev–Trinajstić information content (AvgIpc) is 3.08. The monoisotopic (exact) mass is 391 g/mol. The summed E-state index contributed by atoms with van der Waals surface area (Å²) in [5.74, 6) is -0.0799. The number of carbonyl (C=O) groups excluding carboxylic acids is 1. The molecule has 0 bridgehead atoms. The molecule has 0 unspecified atom stereocenters. The van der Waals surface area contributed by atoms with E-state index in [0.717, 1.165) is 30.2 Å². The summed E-state index contributed by atoms with van der Waals surface area (Å²) >= 11 is 1.68. The lowest BCUT2D eigenvalue weighted by molar-refractivity contribution is -0.131. The molecule has 8 heteroatoms. The standard InChI is InChI=1S/C18H21N3O3S2/c22-17(12-14-6-11-26(23,24)13-14)20-7-3-8-21(10-9-20)18-19-15-4-1-2-5-16(15)25-18/h1-2,4-6,11,14H,3,7-10,12-13H2/t14-/m0/s1. The molecule has 2 aromatic rings. The lowest BCUT2D eigenvalue weighted by Crippen LogP contribution is -2.36. The number of sulfone groups is 1. The highest BCUT2D eigenvalue weighted by atomic mass is 32.2. The summed E-state index contributed by atoms with van der Waals surface area (Å²) in [6, 6.07) is 8.11. The molecule has 1 amide bonds. The van der Waals surface area contributed by atoms with E-state index in [4.69, 9.17) is 4.98 Å². The Hall–Kier alpha value is -1.93. The van der Waals surface area contributed by atoms with Crippen LogP contribution in [-0.4, -0.2) is 56.1 Å². The molecule has 1 aromatic carbocycles. The maximum Gasteiger partial charge on any atom is 0.223 e. The predicted octanol–water partition coefficient (Wildman–Crippen LogP) is 2.28. The molecule has 3 heterocycles. The molecule has 138 valence electrons. The fourth-order valence-electron chi connectivity index (χ4n) is 3.47. The van der Waals surface area contributed by atoms with Gasteiger partial charge in [0.15, 0.2) is 15.0 Å². The minimum Gasteiger partial charge on any atom is -0.346 e. The van der Waals surface area contributed by atoms with Crippen molar-refractivity contribution < 1.29 is 13.2 Å². The van der Waals surface area contributed by atoms with Crippen LogP contribution >= 0.6 is 11.3 Å². The number of rotatable bonds is 3. The van der Waals surface area contributed by atoms with Crippen molar-refractivity contribution in [3.05, 3.63) is 35.7 Å². The van der Waals surface area contributed by atoms with Crippen molar-refractivity contribution in [2.24, 2.45) is 5.92 Å². The summed E-state index contributed by atoms with van der Waals surface area (Å²) in [5.41, 5.74) is 1.01. The number of hydrogen-bond donors (Lipinski definition) is 0. The number of nitrogens with zero attached hydrogens (tertiary/aromatic N) is 3. The number of fused-ring (bicyclic) bond motifs is 1. The van der Waals surface area contributed by atoms with E-state index in [9.17, 15) is 13.2 Å². The van der Waals surface area contributed by atoms with Crippen LogP contribution in [0.3, 0.4) is 0 Å². The van der Waals surface area contributed by atoms with Gasteiger partial charge in [0.25, 0.3) is 0 Å². The number of amides is 1. The molecule has 1 atom stereocenters. The van der Waals surface area contributed by atoms with Crippen molar-refractivity contribution in [2.45, 2.75) is 12.8 Å². The highest BCUT2D eigenvalue weighted by Gasteiger charge is 2.27. The Kier molecular flexibility index (Phi) is 4.71. The van der Waals surface area contributed by atoms with Gasteiger partial charge in [0.2, 0.25) is 5.91 Å². The van der Waals surface area contributed by atoms with Gasteiger partial charge in [-0.1, -0.05) is 29.5 Å². The van der Waals surface area contributed by atoms with Crippen LogP contribution in [0.2, 0.25) is 0 Å². The number of benzene rings is 1. The van der Waals surface area contributed by atoms with Crippen molar-refractivity contribution >= 4 is 42.4 Å². The molecule has 2 aliphatic heterocycles. The zero-order valence-corrected chi connectivity index (χ0v) is 16.0. The van der Waals surface area contributed by atoms with E-state index >= 15 is 0 Å². The van der Waals surface area contributed by atoms with Gasteiger partial charge in [0, 0.05) is 43.9 Å². The Bertz CT molecular complexity index is 918. The van der Waals surface area contributed by atoms with Gasteiger partial charge in [0.1, 0.15) is 0 Å². The number of aromatic nitrogens is 1. The molecule has 0 spiro atoms. The van der Waals surface area contributed by atoms with Gasteiger partial charge in [-0.2, -0.15) is 0 Å². The van der Waals surface area contributed by atoms with Gasteiger partial charge >= 0.3 is 0 Å². The zero-order valence-electron chi connectivity index (χ0n) is 14.4. The normalized spacial score (nSPS) is 22.7. The quantitative estimate of drug-likeness (QED) is 0.803. The summed E-state index contributed by atoms with van der Waals surface area (Å²) in [6.07, 6.45) is 2.82. The molecule has 0 N–H and O–H groups in total. The lowest BCUT2D eigenvalue weighted by Gasteiger charge is -2.22. The van der Waals surface area contributed by atoms with Crippen LogP contribution in [0, 0.1) is 5.92 Å². The molecule has 4 rings (SSSR count). The molecule has 0 saturated carbocycles. The van der Waals surface area contributed by atoms with Crippen molar-refractivity contribution in [1.29, 1.82) is 0 Å². The first-order valence-electron chi connectivity index (χ1n) is 8.79. The van der Waals surface area contributed by atoms with Gasteiger partial charge in [0.05, 0.1) is 16.0 Å². The zero-order chi connectivity index (χ0) is 18.1. The molecular weight excluding hydrogens is 370 g/mol. The van der Waals surface area contributed by atoms with E-state index in [1.54, 1.807) is 17.4 Å². The van der Waals surface area contributed by atoms with E-state index < -0.39 is 9.84 Å². The highest BCUT2D eigenvalue weighted by molar-refractivity contribution is 7.94. The number of carbonyl (C=O) groups is 1. The molecule has 26 heavy (non-hydrogen) atoms. The van der Waals surface area contributed by atoms with Gasteiger partial charge < -0.3 is 9.80 Å². The van der Waals surface area contributed by atoms with Crippen LogP contribution in [0.4, 0.5) is 5.13 Å². The Morgan fingerprint density at radius 2 is 2.04 bits per heavy atom. The van der Waals surface area contributed by atoms with Crippen LogP contribution in [0.1, 0.15) is 12.8 Å². The summed E-state index contributed by atoms with van der Waals surface area (Å²) in [4.78, 5) is 21.4. The molecule has 1 saturated heterocycles. The molecule has 0 aliphatic carbocycles. The number of thiazole rings is 1. The maximum atomic E-state index is 12.6. The van der Waals surface area contributed by atoms with Crippen LogP contribution in [0.5, 0.6) is 0 Å². The highest BCUT2D eigenvalue weighted by Crippen LogP contribution is 2.29. The van der Waals surface area contributed by atoms with Crippen LogP contribution in [0.15, 0.2) is 35.7 Å². The lowest BCUT2D eigenvalue weighted by atomic mass is 10.1. The third-order valence-corrected chi connectivity index (χ3v) is 7.40. The molecule has 2 aliphatic rings. The van der Waals surface area contributed by atoms with E-state index in [2.05, 4.69) is 11.0 Å². The van der Waals surface area contributed by atoms with E-state index in [0.29, 0.717) is 13.1 Å². The molecule has 1 fully saturated rings. The number of hydrogen-bond acceptors (Lipinski definition) is 6. The van der Waals surface area contributed by atoms with E-state index in [1.165, 1.54) is 10.1 Å². The Morgan fingerprint density at radius 1 is 1.19 bits per heavy atom.